The van der Waals surface area contributed by atoms with Gasteiger partial charge in [-0.2, -0.15) is 0 Å². The molecule has 0 radical (unpaired) electrons. The Bertz CT molecular complexity index is 1000. The molecule has 0 fully saturated rings. The van der Waals surface area contributed by atoms with Crippen molar-refractivity contribution in [1.29, 1.82) is 0 Å². The summed E-state index contributed by atoms with van der Waals surface area (Å²) >= 11 is 0. The SMILES string of the molecule is CCCC/C=C\CCCCCCCC(=O)O[C@H](COC(=O)CCCC/C=C\C/C=C\C/C=C\CCCCC)COP(=O)([O-])OCC[N+](C)(C)C. The highest BCUT2D eigenvalue weighted by atomic mass is 31.2. The van der Waals surface area contributed by atoms with Crippen molar-refractivity contribution in [2.75, 3.05) is 47.5 Å². The molecule has 0 aromatic carbocycles. The van der Waals surface area contributed by atoms with E-state index < -0.39 is 32.5 Å². The van der Waals surface area contributed by atoms with Crippen LogP contribution in [0.5, 0.6) is 0 Å². The monoisotopic (exact) mass is 725 g/mol. The van der Waals surface area contributed by atoms with Crippen LogP contribution in [-0.2, 0) is 32.7 Å². The fourth-order valence-corrected chi connectivity index (χ4v) is 5.43. The molecule has 0 saturated carbocycles. The van der Waals surface area contributed by atoms with Crippen LogP contribution in [0.25, 0.3) is 0 Å². The highest BCUT2D eigenvalue weighted by Crippen LogP contribution is 2.38. The second-order valence-electron chi connectivity index (χ2n) is 13.9. The summed E-state index contributed by atoms with van der Waals surface area (Å²) in [5, 5.41) is 0. The number of esters is 2. The van der Waals surface area contributed by atoms with E-state index in [0.717, 1.165) is 70.6 Å². The largest absolute Gasteiger partial charge is 0.756 e. The number of ether oxygens (including phenoxy) is 2. The van der Waals surface area contributed by atoms with E-state index in [2.05, 4.69) is 62.5 Å². The van der Waals surface area contributed by atoms with Crippen LogP contribution in [0.3, 0.4) is 0 Å². The van der Waals surface area contributed by atoms with Gasteiger partial charge in [0.15, 0.2) is 6.10 Å². The normalized spacial score (nSPS) is 14.3. The minimum absolute atomic E-state index is 0.0401. The average Bonchev–Trinajstić information content (AvgIpc) is 3.06. The number of phosphoric acid groups is 1. The Labute approximate surface area is 305 Å². The number of carbonyl (C=O) groups is 2. The van der Waals surface area contributed by atoms with Gasteiger partial charge in [0.25, 0.3) is 7.82 Å². The number of rotatable bonds is 34. The Hall–Kier alpha value is -2.03. The van der Waals surface area contributed by atoms with Gasteiger partial charge in [0.05, 0.1) is 27.7 Å². The van der Waals surface area contributed by atoms with E-state index in [4.69, 9.17) is 18.5 Å². The number of phosphoric ester groups is 1. The van der Waals surface area contributed by atoms with Crippen molar-refractivity contribution in [2.45, 2.75) is 148 Å². The van der Waals surface area contributed by atoms with E-state index >= 15 is 0 Å². The van der Waals surface area contributed by atoms with E-state index in [1.165, 1.54) is 32.1 Å². The van der Waals surface area contributed by atoms with Gasteiger partial charge in [-0.05, 0) is 70.6 Å². The summed E-state index contributed by atoms with van der Waals surface area (Å²) in [7, 11) is 1.13. The molecule has 50 heavy (non-hydrogen) atoms. The third kappa shape index (κ3) is 35.8. The lowest BCUT2D eigenvalue weighted by Crippen LogP contribution is -2.37. The summed E-state index contributed by atoms with van der Waals surface area (Å²) < 4.78 is 33.7. The first-order valence-corrected chi connectivity index (χ1v) is 20.8. The summed E-state index contributed by atoms with van der Waals surface area (Å²) in [6, 6.07) is 0. The number of nitrogens with zero attached hydrogens (tertiary/aromatic N) is 1. The first-order chi connectivity index (χ1) is 24.0. The lowest BCUT2D eigenvalue weighted by atomic mass is 10.1. The number of unbranched alkanes of at least 4 members (excludes halogenated alkanes) is 12. The number of allylic oxidation sites excluding steroid dienone is 8. The lowest BCUT2D eigenvalue weighted by Gasteiger charge is -2.28. The Morgan fingerprint density at radius 3 is 1.72 bits per heavy atom. The summed E-state index contributed by atoms with van der Waals surface area (Å²) in [5.74, 6) is -0.897. The molecule has 1 unspecified atom stereocenters. The molecule has 0 saturated heterocycles. The van der Waals surface area contributed by atoms with Gasteiger partial charge in [0, 0.05) is 12.8 Å². The molecule has 2 atom stereocenters. The highest BCUT2D eigenvalue weighted by molar-refractivity contribution is 7.45. The zero-order chi connectivity index (χ0) is 37.2. The standard InChI is InChI=1S/C40H72NO8P/c1-6-8-10-12-14-16-18-19-20-21-23-24-26-28-30-32-39(42)46-36-38(37-48-50(44,45)47-35-34-41(3,4)5)49-40(43)33-31-29-27-25-22-17-15-13-11-9-7-2/h13-16,19-20,23-24,38H,6-12,17-18,21-22,25-37H2,1-5H3/b15-13-,16-14-,20-19-,24-23-/t38-/m1/s1. The van der Waals surface area contributed by atoms with Crippen LogP contribution in [0, 0.1) is 0 Å². The van der Waals surface area contributed by atoms with Crippen LogP contribution in [0.15, 0.2) is 48.6 Å². The quantitative estimate of drug-likeness (QED) is 0.0212. The number of quaternary nitrogens is 1. The van der Waals surface area contributed by atoms with Gasteiger partial charge in [0.2, 0.25) is 0 Å². The zero-order valence-corrected chi connectivity index (χ0v) is 33.2. The Morgan fingerprint density at radius 1 is 0.620 bits per heavy atom. The zero-order valence-electron chi connectivity index (χ0n) is 32.3. The van der Waals surface area contributed by atoms with Crippen LogP contribution in [0.4, 0.5) is 0 Å². The molecule has 0 heterocycles. The predicted octanol–water partition coefficient (Wildman–Crippen LogP) is 9.72. The van der Waals surface area contributed by atoms with Crippen molar-refractivity contribution >= 4 is 19.8 Å². The first kappa shape index (κ1) is 48.0. The van der Waals surface area contributed by atoms with Crippen LogP contribution in [0.1, 0.15) is 142 Å². The summed E-state index contributed by atoms with van der Waals surface area (Å²) in [4.78, 5) is 37.3. The lowest BCUT2D eigenvalue weighted by molar-refractivity contribution is -0.870. The number of carbonyl (C=O) groups excluding carboxylic acids is 2. The summed E-state index contributed by atoms with van der Waals surface area (Å²) in [6.45, 7) is 4.07. The van der Waals surface area contributed by atoms with E-state index in [1.54, 1.807) is 0 Å². The smallest absolute Gasteiger partial charge is 0.306 e. The number of hydrogen-bond acceptors (Lipinski definition) is 8. The third-order valence-corrected chi connectivity index (χ3v) is 8.79. The van der Waals surface area contributed by atoms with Crippen LogP contribution in [-0.4, -0.2) is 70.0 Å². The number of likely N-dealkylation sites (N-methyl/N-ethyl adjacent to an activating group) is 1. The molecule has 0 aromatic rings. The van der Waals surface area contributed by atoms with E-state index in [0.29, 0.717) is 23.9 Å². The predicted molar refractivity (Wildman–Crippen MR) is 203 cm³/mol. The molecule has 10 heteroatoms. The van der Waals surface area contributed by atoms with Crippen molar-refractivity contribution in [3.63, 3.8) is 0 Å². The molecule has 9 nitrogen and oxygen atoms in total. The second kappa shape index (κ2) is 32.8. The van der Waals surface area contributed by atoms with Gasteiger partial charge in [-0.25, -0.2) is 0 Å². The van der Waals surface area contributed by atoms with Crippen molar-refractivity contribution < 1.29 is 42.1 Å². The maximum atomic E-state index is 12.6. The Morgan fingerprint density at radius 2 is 1.10 bits per heavy atom. The number of hydrogen-bond donors (Lipinski definition) is 0. The van der Waals surface area contributed by atoms with Crippen LogP contribution in [0.2, 0.25) is 0 Å². The minimum Gasteiger partial charge on any atom is -0.756 e. The molecule has 0 N–H and O–H groups in total. The molecule has 290 valence electrons. The summed E-state index contributed by atoms with van der Waals surface area (Å²) in [6.07, 6.45) is 35.7. The second-order valence-corrected chi connectivity index (χ2v) is 15.3. The molecular formula is C40H72NO8P. The highest BCUT2D eigenvalue weighted by Gasteiger charge is 2.21. The van der Waals surface area contributed by atoms with Crippen molar-refractivity contribution in [1.82, 2.24) is 0 Å². The van der Waals surface area contributed by atoms with Gasteiger partial charge < -0.3 is 27.9 Å². The van der Waals surface area contributed by atoms with Crippen molar-refractivity contribution in [3.05, 3.63) is 48.6 Å². The Kier molecular flexibility index (Phi) is 31.5. The van der Waals surface area contributed by atoms with Crippen molar-refractivity contribution in [2.24, 2.45) is 0 Å². The van der Waals surface area contributed by atoms with Crippen LogP contribution >= 0.6 is 7.82 Å². The molecule has 0 spiro atoms. The first-order valence-electron chi connectivity index (χ1n) is 19.3. The van der Waals surface area contributed by atoms with Crippen molar-refractivity contribution in [3.8, 4) is 0 Å². The third-order valence-electron chi connectivity index (χ3n) is 7.82. The maximum absolute atomic E-state index is 12.6. The fourth-order valence-electron chi connectivity index (χ4n) is 4.70. The molecular weight excluding hydrogens is 653 g/mol. The van der Waals surface area contributed by atoms with Gasteiger partial charge >= 0.3 is 11.9 Å². The summed E-state index contributed by atoms with van der Waals surface area (Å²) in [5.41, 5.74) is 0. The van der Waals surface area contributed by atoms with Gasteiger partial charge in [0.1, 0.15) is 19.8 Å². The molecule has 0 bridgehead atoms. The van der Waals surface area contributed by atoms with E-state index in [1.807, 2.05) is 21.1 Å². The fraction of sp³-hybridized carbons (Fsp3) is 0.750. The van der Waals surface area contributed by atoms with Gasteiger partial charge in [-0.15, -0.1) is 0 Å². The minimum atomic E-state index is -4.63. The molecule has 0 aromatic heterocycles. The average molecular weight is 726 g/mol. The molecule has 0 amide bonds. The molecule has 0 aliphatic rings. The molecule has 0 aliphatic heterocycles. The molecule has 0 rings (SSSR count). The van der Waals surface area contributed by atoms with Gasteiger partial charge in [-0.3, -0.25) is 14.2 Å². The maximum Gasteiger partial charge on any atom is 0.306 e. The van der Waals surface area contributed by atoms with E-state index in [9.17, 15) is 19.0 Å². The topological polar surface area (TPSA) is 111 Å². The van der Waals surface area contributed by atoms with Gasteiger partial charge in [-0.1, -0.05) is 107 Å². The van der Waals surface area contributed by atoms with E-state index in [-0.39, 0.29) is 26.1 Å². The van der Waals surface area contributed by atoms with Crippen LogP contribution < -0.4 is 4.89 Å². The Balaban J connectivity index is 4.52. The molecule has 0 aliphatic carbocycles.